The standard InChI is InChI=1S/C11H17N3O3/c1-3-17-7-6-14-10-9(12)8(4-5-13-10)11(15)16-2/h4-5H,3,6-7,12H2,1-2H3,(H,13,14). The molecular formula is C11H17N3O3. The van der Waals surface area contributed by atoms with Gasteiger partial charge in [0.05, 0.1) is 25.0 Å². The molecule has 3 N–H and O–H groups in total. The molecule has 0 radical (unpaired) electrons. The van der Waals surface area contributed by atoms with E-state index in [0.29, 0.717) is 31.1 Å². The van der Waals surface area contributed by atoms with Crippen molar-refractivity contribution in [2.24, 2.45) is 0 Å². The number of anilines is 2. The van der Waals surface area contributed by atoms with Crippen molar-refractivity contribution in [2.75, 3.05) is 37.9 Å². The maximum absolute atomic E-state index is 11.4. The molecule has 6 nitrogen and oxygen atoms in total. The van der Waals surface area contributed by atoms with Crippen LogP contribution < -0.4 is 11.1 Å². The van der Waals surface area contributed by atoms with Gasteiger partial charge < -0.3 is 20.5 Å². The van der Waals surface area contributed by atoms with E-state index < -0.39 is 5.97 Å². The molecule has 1 heterocycles. The average molecular weight is 239 g/mol. The molecule has 17 heavy (non-hydrogen) atoms. The second-order valence-electron chi connectivity index (χ2n) is 3.24. The molecule has 94 valence electrons. The molecule has 0 atom stereocenters. The molecule has 0 saturated heterocycles. The summed E-state index contributed by atoms with van der Waals surface area (Å²) in [6.07, 6.45) is 1.51. The third kappa shape index (κ3) is 3.60. The quantitative estimate of drug-likeness (QED) is 0.566. The van der Waals surface area contributed by atoms with Crippen molar-refractivity contribution in [3.63, 3.8) is 0 Å². The Morgan fingerprint density at radius 2 is 2.35 bits per heavy atom. The summed E-state index contributed by atoms with van der Waals surface area (Å²) in [5.74, 6) is -0.00892. The zero-order valence-corrected chi connectivity index (χ0v) is 10.0. The van der Waals surface area contributed by atoms with Crippen molar-refractivity contribution in [3.8, 4) is 0 Å². The van der Waals surface area contributed by atoms with Gasteiger partial charge in [-0.2, -0.15) is 0 Å². The summed E-state index contributed by atoms with van der Waals surface area (Å²) in [6.45, 7) is 3.72. The number of nitrogens with two attached hydrogens (primary N) is 1. The highest BCUT2D eigenvalue weighted by molar-refractivity contribution is 5.97. The lowest BCUT2D eigenvalue weighted by Crippen LogP contribution is -2.14. The first-order valence-electron chi connectivity index (χ1n) is 5.35. The first kappa shape index (κ1) is 13.2. The summed E-state index contributed by atoms with van der Waals surface area (Å²) in [7, 11) is 1.31. The highest BCUT2D eigenvalue weighted by atomic mass is 16.5. The number of carbonyl (C=O) groups is 1. The number of nitrogen functional groups attached to an aromatic ring is 1. The summed E-state index contributed by atoms with van der Waals surface area (Å²) in [5, 5.41) is 3.00. The monoisotopic (exact) mass is 239 g/mol. The van der Waals surface area contributed by atoms with Gasteiger partial charge in [0.1, 0.15) is 5.82 Å². The highest BCUT2D eigenvalue weighted by Crippen LogP contribution is 2.20. The Morgan fingerprint density at radius 1 is 1.59 bits per heavy atom. The van der Waals surface area contributed by atoms with Gasteiger partial charge in [0, 0.05) is 19.3 Å². The van der Waals surface area contributed by atoms with Gasteiger partial charge in [-0.1, -0.05) is 0 Å². The fourth-order valence-corrected chi connectivity index (χ4v) is 1.29. The first-order valence-corrected chi connectivity index (χ1v) is 5.35. The molecule has 0 aliphatic carbocycles. The van der Waals surface area contributed by atoms with E-state index in [1.165, 1.54) is 19.4 Å². The molecule has 0 fully saturated rings. The molecule has 1 rings (SSSR count). The molecule has 6 heteroatoms. The summed E-state index contributed by atoms with van der Waals surface area (Å²) in [6, 6.07) is 1.52. The van der Waals surface area contributed by atoms with Crippen LogP contribution in [0.5, 0.6) is 0 Å². The minimum atomic E-state index is -0.474. The van der Waals surface area contributed by atoms with Gasteiger partial charge in [-0.25, -0.2) is 9.78 Å². The lowest BCUT2D eigenvalue weighted by molar-refractivity contribution is 0.0602. The largest absolute Gasteiger partial charge is 0.465 e. The maximum Gasteiger partial charge on any atom is 0.340 e. The van der Waals surface area contributed by atoms with E-state index in [4.69, 9.17) is 10.5 Å². The maximum atomic E-state index is 11.4. The fraction of sp³-hybridized carbons (Fsp3) is 0.455. The molecule has 0 aliphatic rings. The van der Waals surface area contributed by atoms with Crippen LogP contribution in [0.1, 0.15) is 17.3 Å². The van der Waals surface area contributed by atoms with Crippen LogP contribution in [-0.2, 0) is 9.47 Å². The number of rotatable bonds is 6. The Hall–Kier alpha value is -1.82. The van der Waals surface area contributed by atoms with Gasteiger partial charge in [-0.3, -0.25) is 0 Å². The third-order valence-corrected chi connectivity index (χ3v) is 2.14. The second-order valence-corrected chi connectivity index (χ2v) is 3.24. The molecular weight excluding hydrogens is 222 g/mol. The number of esters is 1. The Balaban J connectivity index is 2.70. The summed E-state index contributed by atoms with van der Waals surface area (Å²) in [4.78, 5) is 15.4. The normalized spacial score (nSPS) is 10.0. The minimum absolute atomic E-state index is 0.288. The lowest BCUT2D eigenvalue weighted by Gasteiger charge is -2.10. The van der Waals surface area contributed by atoms with Crippen molar-refractivity contribution in [1.82, 2.24) is 4.98 Å². The van der Waals surface area contributed by atoms with Crippen molar-refractivity contribution < 1.29 is 14.3 Å². The Labute approximate surface area is 100 Å². The predicted molar refractivity (Wildman–Crippen MR) is 65.0 cm³/mol. The van der Waals surface area contributed by atoms with E-state index in [1.54, 1.807) is 0 Å². The number of carbonyl (C=O) groups excluding carboxylic acids is 1. The predicted octanol–water partition coefficient (Wildman–Crippen LogP) is 0.899. The molecule has 0 saturated carbocycles. The number of nitrogens with one attached hydrogen (secondary N) is 1. The highest BCUT2D eigenvalue weighted by Gasteiger charge is 2.13. The van der Waals surface area contributed by atoms with Gasteiger partial charge in [-0.15, -0.1) is 0 Å². The number of ether oxygens (including phenoxy) is 2. The number of methoxy groups -OCH3 is 1. The van der Waals surface area contributed by atoms with E-state index in [1.807, 2.05) is 6.92 Å². The number of nitrogens with zero attached hydrogens (tertiary/aromatic N) is 1. The van der Waals surface area contributed by atoms with Crippen molar-refractivity contribution >= 4 is 17.5 Å². The molecule has 0 bridgehead atoms. The van der Waals surface area contributed by atoms with Crippen LogP contribution in [0.4, 0.5) is 11.5 Å². The topological polar surface area (TPSA) is 86.5 Å². The molecule has 0 aromatic carbocycles. The van der Waals surface area contributed by atoms with Crippen molar-refractivity contribution in [2.45, 2.75) is 6.92 Å². The third-order valence-electron chi connectivity index (χ3n) is 2.14. The van der Waals surface area contributed by atoms with Crippen LogP contribution >= 0.6 is 0 Å². The van der Waals surface area contributed by atoms with Gasteiger partial charge in [-0.05, 0) is 13.0 Å². The number of hydrogen-bond acceptors (Lipinski definition) is 6. The molecule has 0 spiro atoms. The van der Waals surface area contributed by atoms with Crippen LogP contribution in [0.25, 0.3) is 0 Å². The Bertz CT molecular complexity index is 382. The first-order chi connectivity index (χ1) is 8.20. The average Bonchev–Trinajstić information content (AvgIpc) is 2.35. The fourth-order valence-electron chi connectivity index (χ4n) is 1.29. The van der Waals surface area contributed by atoms with E-state index in [-0.39, 0.29) is 5.69 Å². The van der Waals surface area contributed by atoms with E-state index in [9.17, 15) is 4.79 Å². The number of hydrogen-bond donors (Lipinski definition) is 2. The Morgan fingerprint density at radius 3 is 3.00 bits per heavy atom. The van der Waals surface area contributed by atoms with Gasteiger partial charge in [0.2, 0.25) is 0 Å². The van der Waals surface area contributed by atoms with E-state index in [0.717, 1.165) is 0 Å². The SMILES string of the molecule is CCOCCNc1nccc(C(=O)OC)c1N. The van der Waals surface area contributed by atoms with Gasteiger partial charge >= 0.3 is 5.97 Å². The second kappa shape index (κ2) is 6.70. The van der Waals surface area contributed by atoms with E-state index >= 15 is 0 Å². The minimum Gasteiger partial charge on any atom is -0.465 e. The Kier molecular flexibility index (Phi) is 5.22. The zero-order chi connectivity index (χ0) is 12.7. The van der Waals surface area contributed by atoms with Crippen molar-refractivity contribution in [3.05, 3.63) is 17.8 Å². The summed E-state index contributed by atoms with van der Waals surface area (Å²) in [5.41, 5.74) is 6.40. The van der Waals surface area contributed by atoms with Crippen LogP contribution in [0.3, 0.4) is 0 Å². The van der Waals surface area contributed by atoms with Crippen LogP contribution in [0.2, 0.25) is 0 Å². The van der Waals surface area contributed by atoms with Crippen molar-refractivity contribution in [1.29, 1.82) is 0 Å². The van der Waals surface area contributed by atoms with Crippen LogP contribution in [-0.4, -0.2) is 37.8 Å². The molecule has 1 aromatic heterocycles. The van der Waals surface area contributed by atoms with Crippen LogP contribution in [0, 0.1) is 0 Å². The lowest BCUT2D eigenvalue weighted by atomic mass is 10.2. The molecule has 1 aromatic rings. The molecule has 0 amide bonds. The van der Waals surface area contributed by atoms with Crippen LogP contribution in [0.15, 0.2) is 12.3 Å². The van der Waals surface area contributed by atoms with Gasteiger partial charge in [0.25, 0.3) is 0 Å². The number of pyridine rings is 1. The summed E-state index contributed by atoms with van der Waals surface area (Å²) < 4.78 is 9.79. The molecule has 0 aliphatic heterocycles. The zero-order valence-electron chi connectivity index (χ0n) is 10.0. The summed E-state index contributed by atoms with van der Waals surface area (Å²) >= 11 is 0. The smallest absolute Gasteiger partial charge is 0.340 e. The molecule has 0 unspecified atom stereocenters. The number of aromatic nitrogens is 1. The van der Waals surface area contributed by atoms with E-state index in [2.05, 4.69) is 15.0 Å². The van der Waals surface area contributed by atoms with Gasteiger partial charge in [0.15, 0.2) is 0 Å².